The van der Waals surface area contributed by atoms with Gasteiger partial charge in [-0.25, -0.2) is 0 Å². The van der Waals surface area contributed by atoms with E-state index in [4.69, 9.17) is 0 Å². The summed E-state index contributed by atoms with van der Waals surface area (Å²) in [5.74, 6) is 0. The van der Waals surface area contributed by atoms with Gasteiger partial charge in [-0.2, -0.15) is 0 Å². The molecule has 0 unspecified atom stereocenters. The number of hydrogen-bond donors (Lipinski definition) is 2. The maximum Gasteiger partial charge on any atom is 0.236 e. The molecule has 0 aliphatic carbocycles. The number of rotatable bonds is 4. The molecule has 0 radical (unpaired) electrons. The third-order valence-corrected chi connectivity index (χ3v) is 7.44. The fourth-order valence-electron chi connectivity index (χ4n) is 2.03. The van der Waals surface area contributed by atoms with Gasteiger partial charge < -0.3 is 9.96 Å². The second-order valence-electron chi connectivity index (χ2n) is 3.83. The van der Waals surface area contributed by atoms with Crippen LogP contribution in [0.2, 0.25) is 5.54 Å². The van der Waals surface area contributed by atoms with Crippen molar-refractivity contribution in [3.63, 3.8) is 0 Å². The van der Waals surface area contributed by atoms with Crippen molar-refractivity contribution in [3.05, 3.63) is 30.3 Å². The molecule has 1 aromatic carbocycles. The topological polar surface area (TPSA) is 24.1 Å². The van der Waals surface area contributed by atoms with E-state index in [0.29, 0.717) is 5.54 Å². The van der Waals surface area contributed by atoms with Crippen LogP contribution in [0.3, 0.4) is 0 Å². The Morgan fingerprint density at radius 2 is 1.50 bits per heavy atom. The lowest BCUT2D eigenvalue weighted by Gasteiger charge is -2.34. The van der Waals surface area contributed by atoms with Gasteiger partial charge in [-0.1, -0.05) is 44.2 Å². The Kier molecular flexibility index (Phi) is 3.86. The fourth-order valence-corrected chi connectivity index (χ4v) is 5.39. The first kappa shape index (κ1) is 11.4. The van der Waals surface area contributed by atoms with Crippen LogP contribution in [0.1, 0.15) is 13.8 Å². The lowest BCUT2D eigenvalue weighted by molar-refractivity contribution is 0.892. The minimum absolute atomic E-state index is 0.625. The van der Waals surface area contributed by atoms with Crippen LogP contribution in [-0.4, -0.2) is 22.5 Å². The zero-order chi connectivity index (χ0) is 10.6. The molecule has 0 aromatic heterocycles. The lowest BCUT2D eigenvalue weighted by Crippen LogP contribution is -2.70. The van der Waals surface area contributed by atoms with Crippen LogP contribution < -0.4 is 15.2 Å². The SMILES string of the molecule is CN[Si](NC)(c1ccccc1)C(C)C. The van der Waals surface area contributed by atoms with E-state index in [1.165, 1.54) is 5.19 Å². The molecule has 0 aliphatic heterocycles. The Morgan fingerprint density at radius 1 is 1.00 bits per heavy atom. The van der Waals surface area contributed by atoms with Crippen LogP contribution in [0.5, 0.6) is 0 Å². The van der Waals surface area contributed by atoms with E-state index in [-0.39, 0.29) is 0 Å². The molecule has 2 nitrogen and oxygen atoms in total. The molecule has 78 valence electrons. The van der Waals surface area contributed by atoms with Crippen molar-refractivity contribution < 1.29 is 0 Å². The van der Waals surface area contributed by atoms with Crippen LogP contribution in [0.25, 0.3) is 0 Å². The van der Waals surface area contributed by atoms with Gasteiger partial charge in [0.1, 0.15) is 0 Å². The number of hydrogen-bond acceptors (Lipinski definition) is 2. The molecule has 1 aromatic rings. The summed E-state index contributed by atoms with van der Waals surface area (Å²) in [6, 6.07) is 10.7. The first-order valence-electron chi connectivity index (χ1n) is 5.10. The third-order valence-electron chi connectivity index (χ3n) is 2.88. The largest absolute Gasteiger partial charge is 0.325 e. The van der Waals surface area contributed by atoms with Crippen LogP contribution >= 0.6 is 0 Å². The van der Waals surface area contributed by atoms with E-state index in [1.54, 1.807) is 0 Å². The molecule has 2 N–H and O–H groups in total. The molecule has 3 heteroatoms. The van der Waals surface area contributed by atoms with Crippen LogP contribution in [0.15, 0.2) is 30.3 Å². The second-order valence-corrected chi connectivity index (χ2v) is 8.18. The molecule has 0 heterocycles. The van der Waals surface area contributed by atoms with Crippen molar-refractivity contribution in [2.75, 3.05) is 14.1 Å². The summed E-state index contributed by atoms with van der Waals surface area (Å²) in [6.07, 6.45) is 0. The van der Waals surface area contributed by atoms with Gasteiger partial charge in [0.2, 0.25) is 8.40 Å². The highest BCUT2D eigenvalue weighted by molar-refractivity contribution is 6.88. The predicted molar refractivity (Wildman–Crippen MR) is 65.0 cm³/mol. The summed E-state index contributed by atoms with van der Waals surface area (Å²) in [5, 5.41) is 1.42. The van der Waals surface area contributed by atoms with Crippen molar-refractivity contribution in [2.45, 2.75) is 19.4 Å². The summed E-state index contributed by atoms with van der Waals surface area (Å²) in [6.45, 7) is 4.54. The number of nitrogens with one attached hydrogen (secondary N) is 2. The van der Waals surface area contributed by atoms with Crippen molar-refractivity contribution in [3.8, 4) is 0 Å². The van der Waals surface area contributed by atoms with E-state index in [0.717, 1.165) is 0 Å². The van der Waals surface area contributed by atoms with Crippen molar-refractivity contribution in [1.29, 1.82) is 0 Å². The normalized spacial score (nSPS) is 12.1. The minimum atomic E-state index is -1.70. The molecule has 0 atom stereocenters. The highest BCUT2D eigenvalue weighted by Crippen LogP contribution is 2.13. The zero-order valence-electron chi connectivity index (χ0n) is 9.46. The first-order chi connectivity index (χ1) is 6.67. The molecule has 0 aliphatic rings. The maximum atomic E-state index is 3.51. The van der Waals surface area contributed by atoms with E-state index >= 15 is 0 Å². The molecule has 0 spiro atoms. The Balaban J connectivity index is 3.11. The summed E-state index contributed by atoms with van der Waals surface area (Å²) in [5.41, 5.74) is 0.625. The Bertz CT molecular complexity index is 268. The summed E-state index contributed by atoms with van der Waals surface area (Å²) < 4.78 is 0. The summed E-state index contributed by atoms with van der Waals surface area (Å²) >= 11 is 0. The summed E-state index contributed by atoms with van der Waals surface area (Å²) in [4.78, 5) is 7.02. The monoisotopic (exact) mass is 208 g/mol. The first-order valence-corrected chi connectivity index (χ1v) is 7.18. The Morgan fingerprint density at radius 3 is 1.86 bits per heavy atom. The molecule has 0 saturated carbocycles. The molecule has 0 fully saturated rings. The maximum absolute atomic E-state index is 3.51. The van der Waals surface area contributed by atoms with E-state index < -0.39 is 8.40 Å². The average Bonchev–Trinajstić information content (AvgIpc) is 2.22. The summed E-state index contributed by atoms with van der Waals surface area (Å²) in [7, 11) is 2.41. The fraction of sp³-hybridized carbons (Fsp3) is 0.455. The quantitative estimate of drug-likeness (QED) is 0.726. The molecular weight excluding hydrogens is 188 g/mol. The molecule has 0 amide bonds. The smallest absolute Gasteiger partial charge is 0.236 e. The predicted octanol–water partition coefficient (Wildman–Crippen LogP) is 1.18. The van der Waals surface area contributed by atoms with Gasteiger partial charge in [0.25, 0.3) is 0 Å². The number of benzene rings is 1. The molecule has 1 rings (SSSR count). The van der Waals surface area contributed by atoms with Crippen molar-refractivity contribution in [2.24, 2.45) is 0 Å². The standard InChI is InChI=1S/C11H20N2Si/c1-10(2)14(12-3,13-4)11-8-6-5-7-9-11/h5-10,12-13H,1-4H3. The van der Waals surface area contributed by atoms with E-state index in [9.17, 15) is 0 Å². The average molecular weight is 208 g/mol. The minimum Gasteiger partial charge on any atom is -0.325 e. The molecule has 0 bridgehead atoms. The third kappa shape index (κ3) is 1.89. The van der Waals surface area contributed by atoms with Crippen LogP contribution in [-0.2, 0) is 0 Å². The molecule has 0 saturated heterocycles. The second kappa shape index (κ2) is 4.73. The zero-order valence-corrected chi connectivity index (χ0v) is 10.5. The van der Waals surface area contributed by atoms with Gasteiger partial charge in [-0.3, -0.25) is 0 Å². The van der Waals surface area contributed by atoms with Crippen molar-refractivity contribution >= 4 is 13.6 Å². The van der Waals surface area contributed by atoms with Crippen LogP contribution in [0, 0.1) is 0 Å². The van der Waals surface area contributed by atoms with Gasteiger partial charge in [0.15, 0.2) is 0 Å². The van der Waals surface area contributed by atoms with Gasteiger partial charge in [0, 0.05) is 0 Å². The van der Waals surface area contributed by atoms with Crippen LogP contribution in [0.4, 0.5) is 0 Å². The molecular formula is C11H20N2Si. The molecule has 14 heavy (non-hydrogen) atoms. The lowest BCUT2D eigenvalue weighted by atomic mass is 10.4. The Labute approximate surface area is 87.9 Å². The van der Waals surface area contributed by atoms with E-state index in [1.807, 2.05) is 0 Å². The van der Waals surface area contributed by atoms with E-state index in [2.05, 4.69) is 68.2 Å². The van der Waals surface area contributed by atoms with Gasteiger partial charge in [-0.15, -0.1) is 0 Å². The van der Waals surface area contributed by atoms with Gasteiger partial charge in [0.05, 0.1) is 0 Å². The highest BCUT2D eigenvalue weighted by atomic mass is 28.3. The van der Waals surface area contributed by atoms with Crippen molar-refractivity contribution in [1.82, 2.24) is 9.96 Å². The van der Waals surface area contributed by atoms with Gasteiger partial charge >= 0.3 is 0 Å². The van der Waals surface area contributed by atoms with Gasteiger partial charge in [-0.05, 0) is 24.8 Å². The highest BCUT2D eigenvalue weighted by Gasteiger charge is 2.36. The Hall–Kier alpha value is -0.643.